The number of pyridine rings is 1. The normalized spacial score (nSPS) is 11.0. The molecule has 0 unspecified atom stereocenters. The highest BCUT2D eigenvalue weighted by Crippen LogP contribution is 2.26. The Bertz CT molecular complexity index is 728. The first-order valence-electron chi connectivity index (χ1n) is 5.80. The molecular formula is C14H14N4. The molecule has 0 radical (unpaired) electrons. The van der Waals surface area contributed by atoms with Gasteiger partial charge in [0.2, 0.25) is 0 Å². The SMILES string of the molecule is Cc1ccnc(-c2ccc3c(c2)c(N)nn3C)c1. The second kappa shape index (κ2) is 3.84. The van der Waals surface area contributed by atoms with Gasteiger partial charge in [0, 0.05) is 24.2 Å². The summed E-state index contributed by atoms with van der Waals surface area (Å²) < 4.78 is 1.79. The van der Waals surface area contributed by atoms with Crippen molar-refractivity contribution in [3.05, 3.63) is 42.1 Å². The summed E-state index contributed by atoms with van der Waals surface area (Å²) in [6.07, 6.45) is 1.82. The van der Waals surface area contributed by atoms with Gasteiger partial charge in [-0.1, -0.05) is 6.07 Å². The first kappa shape index (κ1) is 10.8. The molecule has 0 bridgehead atoms. The van der Waals surface area contributed by atoms with Crippen molar-refractivity contribution in [1.29, 1.82) is 0 Å². The third-order valence-electron chi connectivity index (χ3n) is 3.09. The van der Waals surface area contributed by atoms with E-state index in [4.69, 9.17) is 5.73 Å². The van der Waals surface area contributed by atoms with Gasteiger partial charge in [0.05, 0.1) is 11.2 Å². The van der Waals surface area contributed by atoms with Crippen LogP contribution in [0, 0.1) is 6.92 Å². The average Bonchev–Trinajstić information content (AvgIpc) is 2.65. The largest absolute Gasteiger partial charge is 0.382 e. The maximum absolute atomic E-state index is 5.90. The minimum absolute atomic E-state index is 0.557. The van der Waals surface area contributed by atoms with Crippen LogP contribution in [0.3, 0.4) is 0 Å². The monoisotopic (exact) mass is 238 g/mol. The maximum atomic E-state index is 5.90. The van der Waals surface area contributed by atoms with Crippen LogP contribution in [0.25, 0.3) is 22.2 Å². The molecule has 4 heteroatoms. The van der Waals surface area contributed by atoms with Crippen LogP contribution in [0.1, 0.15) is 5.56 Å². The average molecular weight is 238 g/mol. The summed E-state index contributed by atoms with van der Waals surface area (Å²) in [5.41, 5.74) is 10.1. The predicted molar refractivity (Wildman–Crippen MR) is 73.1 cm³/mol. The Morgan fingerprint density at radius 3 is 2.78 bits per heavy atom. The predicted octanol–water partition coefficient (Wildman–Crippen LogP) is 2.53. The van der Waals surface area contributed by atoms with E-state index < -0.39 is 0 Å². The van der Waals surface area contributed by atoms with Gasteiger partial charge in [-0.25, -0.2) is 0 Å². The highest BCUT2D eigenvalue weighted by atomic mass is 15.3. The molecule has 3 aromatic rings. The summed E-state index contributed by atoms with van der Waals surface area (Å²) >= 11 is 0. The highest BCUT2D eigenvalue weighted by molar-refractivity contribution is 5.92. The zero-order chi connectivity index (χ0) is 12.7. The number of benzene rings is 1. The standard InChI is InChI=1S/C14H14N4/c1-9-5-6-16-12(7-9)10-3-4-13-11(8-10)14(15)17-18(13)2/h3-8H,1-2H3,(H2,15,17). The van der Waals surface area contributed by atoms with Crippen molar-refractivity contribution in [3.8, 4) is 11.3 Å². The van der Waals surface area contributed by atoms with Crippen molar-refractivity contribution in [2.24, 2.45) is 7.05 Å². The second-order valence-electron chi connectivity index (χ2n) is 4.46. The van der Waals surface area contributed by atoms with Gasteiger partial charge in [-0.15, -0.1) is 0 Å². The molecule has 3 rings (SSSR count). The Balaban J connectivity index is 2.22. The number of nitrogens with zero attached hydrogens (tertiary/aromatic N) is 3. The van der Waals surface area contributed by atoms with E-state index in [2.05, 4.69) is 23.1 Å². The van der Waals surface area contributed by atoms with Crippen molar-refractivity contribution in [1.82, 2.24) is 14.8 Å². The van der Waals surface area contributed by atoms with Crippen molar-refractivity contribution in [2.75, 3.05) is 5.73 Å². The van der Waals surface area contributed by atoms with E-state index >= 15 is 0 Å². The van der Waals surface area contributed by atoms with Crippen molar-refractivity contribution >= 4 is 16.7 Å². The fourth-order valence-electron chi connectivity index (χ4n) is 2.15. The van der Waals surface area contributed by atoms with Crippen LogP contribution in [0.4, 0.5) is 5.82 Å². The lowest BCUT2D eigenvalue weighted by atomic mass is 10.1. The summed E-state index contributed by atoms with van der Waals surface area (Å²) in [6, 6.07) is 10.2. The van der Waals surface area contributed by atoms with Gasteiger partial charge in [-0.3, -0.25) is 9.67 Å². The third-order valence-corrected chi connectivity index (χ3v) is 3.09. The zero-order valence-corrected chi connectivity index (χ0v) is 10.4. The summed E-state index contributed by atoms with van der Waals surface area (Å²) in [7, 11) is 1.89. The number of hydrogen-bond donors (Lipinski definition) is 1. The fraction of sp³-hybridized carbons (Fsp3) is 0.143. The molecule has 4 nitrogen and oxygen atoms in total. The van der Waals surface area contributed by atoms with Gasteiger partial charge in [0.25, 0.3) is 0 Å². The van der Waals surface area contributed by atoms with Crippen molar-refractivity contribution in [2.45, 2.75) is 6.92 Å². The summed E-state index contributed by atoms with van der Waals surface area (Å²) in [5, 5.41) is 5.19. The molecule has 0 spiro atoms. The van der Waals surface area contributed by atoms with Crippen LogP contribution >= 0.6 is 0 Å². The maximum Gasteiger partial charge on any atom is 0.153 e. The Hall–Kier alpha value is -2.36. The van der Waals surface area contributed by atoms with Gasteiger partial charge in [0.15, 0.2) is 5.82 Å². The molecule has 0 aliphatic carbocycles. The number of aromatic nitrogens is 3. The molecule has 0 fully saturated rings. The minimum Gasteiger partial charge on any atom is -0.382 e. The number of anilines is 1. The molecule has 0 saturated heterocycles. The van der Waals surface area contributed by atoms with Crippen LogP contribution in [-0.4, -0.2) is 14.8 Å². The van der Waals surface area contributed by atoms with Crippen molar-refractivity contribution in [3.63, 3.8) is 0 Å². The van der Waals surface area contributed by atoms with E-state index in [1.807, 2.05) is 37.5 Å². The van der Waals surface area contributed by atoms with Crippen LogP contribution in [0.2, 0.25) is 0 Å². The van der Waals surface area contributed by atoms with Crippen molar-refractivity contribution < 1.29 is 0 Å². The zero-order valence-electron chi connectivity index (χ0n) is 10.4. The highest BCUT2D eigenvalue weighted by Gasteiger charge is 2.07. The summed E-state index contributed by atoms with van der Waals surface area (Å²) in [6.45, 7) is 2.06. The van der Waals surface area contributed by atoms with Crippen LogP contribution in [0.5, 0.6) is 0 Å². The van der Waals surface area contributed by atoms with E-state index in [0.29, 0.717) is 5.82 Å². The molecule has 0 aliphatic heterocycles. The first-order valence-corrected chi connectivity index (χ1v) is 5.80. The summed E-state index contributed by atoms with van der Waals surface area (Å²) in [5.74, 6) is 0.557. The lowest BCUT2D eigenvalue weighted by molar-refractivity contribution is 0.802. The van der Waals surface area contributed by atoms with E-state index in [-0.39, 0.29) is 0 Å². The Morgan fingerprint density at radius 1 is 1.17 bits per heavy atom. The molecule has 0 atom stereocenters. The number of fused-ring (bicyclic) bond motifs is 1. The number of hydrogen-bond acceptors (Lipinski definition) is 3. The lowest BCUT2D eigenvalue weighted by Gasteiger charge is -2.02. The third kappa shape index (κ3) is 1.62. The molecule has 2 N–H and O–H groups in total. The first-order chi connectivity index (χ1) is 8.65. The van der Waals surface area contributed by atoms with Crippen LogP contribution in [-0.2, 0) is 7.05 Å². The molecule has 90 valence electrons. The van der Waals surface area contributed by atoms with E-state index in [9.17, 15) is 0 Å². The topological polar surface area (TPSA) is 56.7 Å². The van der Waals surface area contributed by atoms with E-state index in [1.54, 1.807) is 4.68 Å². The van der Waals surface area contributed by atoms with Gasteiger partial charge >= 0.3 is 0 Å². The quantitative estimate of drug-likeness (QED) is 0.708. The molecule has 0 aliphatic rings. The molecule has 0 amide bonds. The second-order valence-corrected chi connectivity index (χ2v) is 4.46. The smallest absolute Gasteiger partial charge is 0.153 e. The number of rotatable bonds is 1. The Labute approximate surface area is 105 Å². The Morgan fingerprint density at radius 2 is 2.00 bits per heavy atom. The molecule has 2 heterocycles. The molecule has 1 aromatic carbocycles. The van der Waals surface area contributed by atoms with E-state index in [0.717, 1.165) is 22.2 Å². The molecule has 2 aromatic heterocycles. The van der Waals surface area contributed by atoms with Gasteiger partial charge in [-0.2, -0.15) is 5.10 Å². The number of nitrogens with two attached hydrogens (primary N) is 1. The lowest BCUT2D eigenvalue weighted by Crippen LogP contribution is -1.91. The molecular weight excluding hydrogens is 224 g/mol. The number of nitrogen functional groups attached to an aromatic ring is 1. The number of aryl methyl sites for hydroxylation is 2. The van der Waals surface area contributed by atoms with Gasteiger partial charge in [0.1, 0.15) is 0 Å². The summed E-state index contributed by atoms with van der Waals surface area (Å²) in [4.78, 5) is 4.39. The van der Waals surface area contributed by atoms with E-state index in [1.165, 1.54) is 5.56 Å². The molecule has 0 saturated carbocycles. The minimum atomic E-state index is 0.557. The van der Waals surface area contributed by atoms with Crippen LogP contribution < -0.4 is 5.73 Å². The molecule has 18 heavy (non-hydrogen) atoms. The van der Waals surface area contributed by atoms with Crippen LogP contribution in [0.15, 0.2) is 36.5 Å². The van der Waals surface area contributed by atoms with Gasteiger partial charge in [-0.05, 0) is 36.8 Å². The Kier molecular flexibility index (Phi) is 2.30. The fourth-order valence-corrected chi connectivity index (χ4v) is 2.15. The van der Waals surface area contributed by atoms with Gasteiger partial charge < -0.3 is 5.73 Å².